The van der Waals surface area contributed by atoms with E-state index in [1.165, 1.54) is 0 Å². The topological polar surface area (TPSA) is 55.4 Å². The third-order valence-electron chi connectivity index (χ3n) is 3.51. The molecule has 23 heavy (non-hydrogen) atoms. The maximum absolute atomic E-state index is 12.4. The van der Waals surface area contributed by atoms with Crippen LogP contribution in [0.25, 0.3) is 0 Å². The number of rotatable bonds is 6. The molecule has 1 aromatic carbocycles. The highest BCUT2D eigenvalue weighted by atomic mass is 35.5. The number of amides is 1. The van der Waals surface area contributed by atoms with Crippen molar-refractivity contribution in [1.29, 1.82) is 0 Å². The minimum atomic E-state index is -0.581. The van der Waals surface area contributed by atoms with Gasteiger partial charge in [0.15, 0.2) is 0 Å². The van der Waals surface area contributed by atoms with Crippen molar-refractivity contribution in [1.82, 2.24) is 0 Å². The Morgan fingerprint density at radius 3 is 2.35 bits per heavy atom. The van der Waals surface area contributed by atoms with Gasteiger partial charge in [0.2, 0.25) is 0 Å². The van der Waals surface area contributed by atoms with Crippen LogP contribution in [0.4, 0.5) is 10.5 Å². The number of hydrogen-bond donors (Lipinski definition) is 1. The first kappa shape index (κ1) is 19.5. The summed E-state index contributed by atoms with van der Waals surface area (Å²) in [6, 6.07) is 5.09. The van der Waals surface area contributed by atoms with Crippen LogP contribution in [0.2, 0.25) is 5.02 Å². The van der Waals surface area contributed by atoms with Crippen molar-refractivity contribution in [3.05, 3.63) is 28.8 Å². The van der Waals surface area contributed by atoms with Gasteiger partial charge in [0.25, 0.3) is 0 Å². The average molecular weight is 340 g/mol. The first-order valence-electron chi connectivity index (χ1n) is 7.97. The minimum Gasteiger partial charge on any atom is -0.444 e. The number of benzene rings is 1. The molecule has 0 unspecified atom stereocenters. The molecule has 0 saturated heterocycles. The van der Waals surface area contributed by atoms with Gasteiger partial charge in [0.05, 0.1) is 0 Å². The largest absolute Gasteiger partial charge is 0.444 e. The fourth-order valence-corrected chi connectivity index (χ4v) is 2.51. The zero-order valence-electron chi connectivity index (χ0n) is 14.5. The van der Waals surface area contributed by atoms with Crippen molar-refractivity contribution in [3.8, 4) is 0 Å². The summed E-state index contributed by atoms with van der Waals surface area (Å²) in [5, 5.41) is 3.24. The van der Waals surface area contributed by atoms with Gasteiger partial charge in [-0.2, -0.15) is 0 Å². The lowest BCUT2D eigenvalue weighted by molar-refractivity contribution is -0.122. The number of ketones is 1. The van der Waals surface area contributed by atoms with Gasteiger partial charge in [-0.25, -0.2) is 4.79 Å². The molecule has 0 aliphatic carbocycles. The summed E-state index contributed by atoms with van der Waals surface area (Å²) in [6.45, 7) is 9.40. The van der Waals surface area contributed by atoms with E-state index in [2.05, 4.69) is 5.32 Å². The molecule has 0 aromatic heterocycles. The van der Waals surface area contributed by atoms with Crippen LogP contribution in [0.15, 0.2) is 18.2 Å². The van der Waals surface area contributed by atoms with Crippen molar-refractivity contribution < 1.29 is 14.3 Å². The van der Waals surface area contributed by atoms with Crippen LogP contribution < -0.4 is 5.32 Å². The fourth-order valence-electron chi connectivity index (χ4n) is 2.32. The first-order chi connectivity index (χ1) is 10.7. The highest BCUT2D eigenvalue weighted by molar-refractivity contribution is 6.30. The molecule has 0 aliphatic heterocycles. The van der Waals surface area contributed by atoms with Gasteiger partial charge in [-0.15, -0.1) is 0 Å². The SMILES string of the molecule is CCC(CC)C(=O)Cc1cc(Cl)ccc1NC(=O)OC(C)(C)C. The maximum Gasteiger partial charge on any atom is 0.412 e. The molecule has 0 fully saturated rings. The number of anilines is 1. The smallest absolute Gasteiger partial charge is 0.412 e. The first-order valence-corrected chi connectivity index (χ1v) is 8.35. The summed E-state index contributed by atoms with van der Waals surface area (Å²) in [5.41, 5.74) is 0.686. The molecule has 0 radical (unpaired) electrons. The molecule has 1 N–H and O–H groups in total. The average Bonchev–Trinajstić information content (AvgIpc) is 2.41. The Morgan fingerprint density at radius 2 is 1.83 bits per heavy atom. The summed E-state index contributed by atoms with van der Waals surface area (Å²) in [7, 11) is 0. The van der Waals surface area contributed by atoms with Crippen LogP contribution in [-0.4, -0.2) is 17.5 Å². The fraction of sp³-hybridized carbons (Fsp3) is 0.556. The molecule has 0 spiro atoms. The van der Waals surface area contributed by atoms with E-state index in [4.69, 9.17) is 16.3 Å². The number of carbonyl (C=O) groups is 2. The molecule has 5 heteroatoms. The quantitative estimate of drug-likeness (QED) is 0.771. The van der Waals surface area contributed by atoms with Crippen LogP contribution >= 0.6 is 11.6 Å². The van der Waals surface area contributed by atoms with Crippen molar-refractivity contribution in [3.63, 3.8) is 0 Å². The number of ether oxygens (including phenoxy) is 1. The maximum atomic E-state index is 12.4. The number of carbonyl (C=O) groups excluding carboxylic acids is 2. The molecule has 1 aromatic rings. The molecule has 1 amide bonds. The Morgan fingerprint density at radius 1 is 1.22 bits per heavy atom. The molecule has 128 valence electrons. The van der Waals surface area contributed by atoms with Crippen molar-refractivity contribution >= 4 is 29.2 Å². The van der Waals surface area contributed by atoms with E-state index in [-0.39, 0.29) is 18.1 Å². The van der Waals surface area contributed by atoms with Crippen LogP contribution in [0, 0.1) is 5.92 Å². The van der Waals surface area contributed by atoms with Gasteiger partial charge < -0.3 is 4.74 Å². The summed E-state index contributed by atoms with van der Waals surface area (Å²) in [4.78, 5) is 24.3. The second-order valence-electron chi connectivity index (χ2n) is 6.58. The Bertz CT molecular complexity index is 560. The van der Waals surface area contributed by atoms with Gasteiger partial charge in [0.1, 0.15) is 11.4 Å². The lowest BCUT2D eigenvalue weighted by Gasteiger charge is -2.21. The number of nitrogens with one attached hydrogen (secondary N) is 1. The lowest BCUT2D eigenvalue weighted by Crippen LogP contribution is -2.27. The van der Waals surface area contributed by atoms with Crippen LogP contribution in [0.3, 0.4) is 0 Å². The van der Waals surface area contributed by atoms with Crippen molar-refractivity contribution in [2.24, 2.45) is 5.92 Å². The summed E-state index contributed by atoms with van der Waals surface area (Å²) in [5.74, 6) is 0.188. The second-order valence-corrected chi connectivity index (χ2v) is 7.02. The molecule has 1 rings (SSSR count). The standard InChI is InChI=1S/C18H26ClNO3/c1-6-12(7-2)16(21)11-13-10-14(19)8-9-15(13)20-17(22)23-18(3,4)5/h8-10,12H,6-7,11H2,1-5H3,(H,20,22). The van der Waals surface area contributed by atoms with Crippen LogP contribution in [0.5, 0.6) is 0 Å². The van der Waals surface area contributed by atoms with Gasteiger partial charge in [-0.3, -0.25) is 10.1 Å². The summed E-state index contributed by atoms with van der Waals surface area (Å²) >= 11 is 6.04. The van der Waals surface area contributed by atoms with E-state index in [0.717, 1.165) is 12.8 Å². The number of hydrogen-bond acceptors (Lipinski definition) is 3. The van der Waals surface area contributed by atoms with E-state index in [1.54, 1.807) is 39.0 Å². The van der Waals surface area contributed by atoms with Gasteiger partial charge in [-0.1, -0.05) is 25.4 Å². The lowest BCUT2D eigenvalue weighted by atomic mass is 9.93. The molecule has 0 saturated carbocycles. The third kappa shape index (κ3) is 6.61. The van der Waals surface area contributed by atoms with Crippen molar-refractivity contribution in [2.45, 2.75) is 59.5 Å². The Labute approximate surface area is 143 Å². The Balaban J connectivity index is 2.93. The van der Waals surface area contributed by atoms with E-state index >= 15 is 0 Å². The molecule has 0 aliphatic rings. The van der Waals surface area contributed by atoms with E-state index in [9.17, 15) is 9.59 Å². The Kier molecular flexibility index (Phi) is 7.07. The van der Waals surface area contributed by atoms with Gasteiger partial charge >= 0.3 is 6.09 Å². The molecular weight excluding hydrogens is 314 g/mol. The number of Topliss-reactive ketones (excluding diaryl/α,β-unsaturated/α-hetero) is 1. The van der Waals surface area contributed by atoms with Crippen LogP contribution in [0.1, 0.15) is 53.0 Å². The minimum absolute atomic E-state index is 0.0309. The Hall–Kier alpha value is -1.55. The predicted octanol–water partition coefficient (Wildman–Crippen LogP) is 5.23. The number of halogens is 1. The molecule has 0 atom stereocenters. The molecule has 0 bridgehead atoms. The summed E-state index contributed by atoms with van der Waals surface area (Å²) < 4.78 is 5.25. The summed E-state index contributed by atoms with van der Waals surface area (Å²) in [6.07, 6.45) is 1.32. The van der Waals surface area contributed by atoms with Gasteiger partial charge in [-0.05, 0) is 57.4 Å². The van der Waals surface area contributed by atoms with E-state index in [0.29, 0.717) is 16.3 Å². The van der Waals surface area contributed by atoms with Crippen molar-refractivity contribution in [2.75, 3.05) is 5.32 Å². The zero-order chi connectivity index (χ0) is 17.6. The van der Waals surface area contributed by atoms with Crippen LogP contribution in [-0.2, 0) is 16.0 Å². The highest BCUT2D eigenvalue weighted by Crippen LogP contribution is 2.24. The second kappa shape index (κ2) is 8.34. The van der Waals surface area contributed by atoms with E-state index < -0.39 is 11.7 Å². The monoisotopic (exact) mass is 339 g/mol. The third-order valence-corrected chi connectivity index (χ3v) is 3.74. The molecule has 0 heterocycles. The normalized spacial score (nSPS) is 11.4. The zero-order valence-corrected chi connectivity index (χ0v) is 15.3. The van der Waals surface area contributed by atoms with E-state index in [1.807, 2.05) is 13.8 Å². The highest BCUT2D eigenvalue weighted by Gasteiger charge is 2.20. The van der Waals surface area contributed by atoms with Gasteiger partial charge in [0, 0.05) is 23.0 Å². The predicted molar refractivity (Wildman–Crippen MR) is 94.1 cm³/mol. The molecular formula is C18H26ClNO3. The molecule has 4 nitrogen and oxygen atoms in total.